The molecule has 1 saturated heterocycles. The molecular formula is C17H35IN4. The van der Waals surface area contributed by atoms with Crippen molar-refractivity contribution in [3.63, 3.8) is 0 Å². The Morgan fingerprint density at radius 2 is 1.73 bits per heavy atom. The Hall–Kier alpha value is -0.0400. The van der Waals surface area contributed by atoms with Crippen LogP contribution in [0, 0.1) is 11.8 Å². The molecule has 5 heteroatoms. The van der Waals surface area contributed by atoms with Crippen LogP contribution in [0.5, 0.6) is 0 Å². The fourth-order valence-corrected chi connectivity index (χ4v) is 3.41. The van der Waals surface area contributed by atoms with Crippen molar-refractivity contribution in [2.45, 2.75) is 52.0 Å². The maximum absolute atomic E-state index is 4.94. The summed E-state index contributed by atoms with van der Waals surface area (Å²) in [4.78, 5) is 9.70. The fraction of sp³-hybridized carbons (Fsp3) is 0.941. The first-order valence-corrected chi connectivity index (χ1v) is 8.64. The topological polar surface area (TPSA) is 30.9 Å². The van der Waals surface area contributed by atoms with Gasteiger partial charge in [-0.1, -0.05) is 12.8 Å². The van der Waals surface area contributed by atoms with E-state index in [0.29, 0.717) is 0 Å². The van der Waals surface area contributed by atoms with Crippen molar-refractivity contribution < 1.29 is 0 Å². The molecule has 1 aliphatic heterocycles. The molecule has 0 radical (unpaired) electrons. The van der Waals surface area contributed by atoms with E-state index in [-0.39, 0.29) is 29.5 Å². The minimum Gasteiger partial charge on any atom is -0.357 e. The SMILES string of the molecule is CCNC(=NCC(C)(C)N(C)C)N1CC2CCCCC2C1.I. The first-order chi connectivity index (χ1) is 9.94. The van der Waals surface area contributed by atoms with Gasteiger partial charge in [-0.3, -0.25) is 4.99 Å². The largest absolute Gasteiger partial charge is 0.357 e. The number of aliphatic imine (C=N–C) groups is 1. The smallest absolute Gasteiger partial charge is 0.193 e. The number of fused-ring (bicyclic) bond motifs is 1. The van der Waals surface area contributed by atoms with Crippen LogP contribution in [-0.2, 0) is 0 Å². The van der Waals surface area contributed by atoms with Crippen LogP contribution in [0.15, 0.2) is 4.99 Å². The summed E-state index contributed by atoms with van der Waals surface area (Å²) in [5, 5.41) is 3.50. The molecule has 130 valence electrons. The first-order valence-electron chi connectivity index (χ1n) is 8.64. The van der Waals surface area contributed by atoms with Gasteiger partial charge in [0.1, 0.15) is 0 Å². The molecule has 1 aliphatic carbocycles. The lowest BCUT2D eigenvalue weighted by molar-refractivity contribution is 0.204. The number of rotatable bonds is 4. The zero-order valence-corrected chi connectivity index (χ0v) is 17.4. The summed E-state index contributed by atoms with van der Waals surface area (Å²) in [6.45, 7) is 10.9. The van der Waals surface area contributed by atoms with Crippen molar-refractivity contribution in [2.75, 3.05) is 40.3 Å². The predicted molar refractivity (Wildman–Crippen MR) is 106 cm³/mol. The second kappa shape index (κ2) is 8.71. The third kappa shape index (κ3) is 4.98. The molecule has 2 rings (SSSR count). The number of halogens is 1. The number of nitrogens with zero attached hydrogens (tertiary/aromatic N) is 3. The minimum absolute atomic E-state index is 0. The van der Waals surface area contributed by atoms with Crippen molar-refractivity contribution in [2.24, 2.45) is 16.8 Å². The van der Waals surface area contributed by atoms with E-state index >= 15 is 0 Å². The molecule has 1 heterocycles. The van der Waals surface area contributed by atoms with Crippen LogP contribution in [-0.4, -0.2) is 61.6 Å². The number of nitrogens with one attached hydrogen (secondary N) is 1. The fourth-order valence-electron chi connectivity index (χ4n) is 3.41. The number of hydrogen-bond acceptors (Lipinski definition) is 2. The van der Waals surface area contributed by atoms with Gasteiger partial charge in [-0.25, -0.2) is 0 Å². The van der Waals surface area contributed by atoms with Gasteiger partial charge in [-0.05, 0) is 59.5 Å². The molecule has 2 atom stereocenters. The molecule has 0 aromatic carbocycles. The summed E-state index contributed by atoms with van der Waals surface area (Å²) < 4.78 is 0. The molecule has 2 aliphatic rings. The maximum atomic E-state index is 4.94. The van der Waals surface area contributed by atoms with Crippen LogP contribution in [0.2, 0.25) is 0 Å². The number of hydrogen-bond donors (Lipinski definition) is 1. The summed E-state index contributed by atoms with van der Waals surface area (Å²) in [7, 11) is 4.26. The Morgan fingerprint density at radius 1 is 1.18 bits per heavy atom. The van der Waals surface area contributed by atoms with Gasteiger partial charge in [0, 0.05) is 25.2 Å². The Morgan fingerprint density at radius 3 is 2.18 bits per heavy atom. The Kier molecular flexibility index (Phi) is 7.92. The van der Waals surface area contributed by atoms with Crippen molar-refractivity contribution in [3.05, 3.63) is 0 Å². The van der Waals surface area contributed by atoms with Gasteiger partial charge in [0.15, 0.2) is 5.96 Å². The average Bonchev–Trinajstić information content (AvgIpc) is 2.86. The molecule has 0 amide bonds. The third-order valence-electron chi connectivity index (χ3n) is 5.44. The highest BCUT2D eigenvalue weighted by atomic mass is 127. The predicted octanol–water partition coefficient (Wildman–Crippen LogP) is 3.03. The van der Waals surface area contributed by atoms with Crippen LogP contribution in [0.25, 0.3) is 0 Å². The molecule has 4 nitrogen and oxygen atoms in total. The van der Waals surface area contributed by atoms with Gasteiger partial charge in [-0.15, -0.1) is 24.0 Å². The molecule has 2 unspecified atom stereocenters. The molecule has 0 aromatic heterocycles. The van der Waals surface area contributed by atoms with Gasteiger partial charge in [0.2, 0.25) is 0 Å². The van der Waals surface area contributed by atoms with Crippen LogP contribution >= 0.6 is 24.0 Å². The number of likely N-dealkylation sites (tertiary alicyclic amines) is 1. The van der Waals surface area contributed by atoms with Gasteiger partial charge in [-0.2, -0.15) is 0 Å². The molecule has 22 heavy (non-hydrogen) atoms. The van der Waals surface area contributed by atoms with E-state index in [1.807, 2.05) is 0 Å². The second-order valence-electron chi connectivity index (χ2n) is 7.59. The molecule has 1 N–H and O–H groups in total. The highest BCUT2D eigenvalue weighted by Crippen LogP contribution is 2.35. The van der Waals surface area contributed by atoms with Crippen LogP contribution in [0.4, 0.5) is 0 Å². The summed E-state index contributed by atoms with van der Waals surface area (Å²) in [6.07, 6.45) is 5.69. The van der Waals surface area contributed by atoms with E-state index in [2.05, 4.69) is 50.0 Å². The van der Waals surface area contributed by atoms with Crippen LogP contribution in [0.1, 0.15) is 46.5 Å². The van der Waals surface area contributed by atoms with Crippen molar-refractivity contribution in [1.82, 2.24) is 15.1 Å². The molecule has 2 fully saturated rings. The lowest BCUT2D eigenvalue weighted by Crippen LogP contribution is -2.44. The van der Waals surface area contributed by atoms with Crippen LogP contribution in [0.3, 0.4) is 0 Å². The van der Waals surface area contributed by atoms with E-state index in [4.69, 9.17) is 4.99 Å². The van der Waals surface area contributed by atoms with E-state index < -0.39 is 0 Å². The normalized spacial score (nSPS) is 25.9. The van der Waals surface area contributed by atoms with E-state index in [0.717, 1.165) is 30.9 Å². The van der Waals surface area contributed by atoms with E-state index in [9.17, 15) is 0 Å². The third-order valence-corrected chi connectivity index (χ3v) is 5.44. The number of guanidine groups is 1. The quantitative estimate of drug-likeness (QED) is 0.429. The average molecular weight is 422 g/mol. The van der Waals surface area contributed by atoms with Gasteiger partial charge >= 0.3 is 0 Å². The van der Waals surface area contributed by atoms with Crippen molar-refractivity contribution >= 4 is 29.9 Å². The monoisotopic (exact) mass is 422 g/mol. The highest BCUT2D eigenvalue weighted by Gasteiger charge is 2.35. The molecule has 0 aromatic rings. The standard InChI is InChI=1S/C17H34N4.HI/c1-6-18-16(19-13-17(2,3)20(4)5)21-11-14-9-7-8-10-15(14)12-21;/h14-15H,6-13H2,1-5H3,(H,18,19);1H. The van der Waals surface area contributed by atoms with Crippen molar-refractivity contribution in [1.29, 1.82) is 0 Å². The molecular weight excluding hydrogens is 387 g/mol. The van der Waals surface area contributed by atoms with Crippen LogP contribution < -0.4 is 5.32 Å². The van der Waals surface area contributed by atoms with Gasteiger partial charge in [0.05, 0.1) is 6.54 Å². The zero-order chi connectivity index (χ0) is 15.5. The Bertz CT molecular complexity index is 354. The minimum atomic E-state index is 0. The maximum Gasteiger partial charge on any atom is 0.193 e. The lowest BCUT2D eigenvalue weighted by atomic mass is 9.82. The molecule has 1 saturated carbocycles. The lowest BCUT2D eigenvalue weighted by Gasteiger charge is -2.32. The summed E-state index contributed by atoms with van der Waals surface area (Å²) >= 11 is 0. The van der Waals surface area contributed by atoms with E-state index in [1.54, 1.807) is 0 Å². The molecule has 0 spiro atoms. The number of likely N-dealkylation sites (N-methyl/N-ethyl adjacent to an activating group) is 1. The van der Waals surface area contributed by atoms with Gasteiger partial charge in [0.25, 0.3) is 0 Å². The van der Waals surface area contributed by atoms with E-state index in [1.165, 1.54) is 38.8 Å². The summed E-state index contributed by atoms with van der Waals surface area (Å²) in [5.41, 5.74) is 0.104. The zero-order valence-electron chi connectivity index (χ0n) is 15.1. The van der Waals surface area contributed by atoms with Gasteiger partial charge < -0.3 is 15.1 Å². The Labute approximate surface area is 154 Å². The summed E-state index contributed by atoms with van der Waals surface area (Å²) in [6, 6.07) is 0. The Balaban J connectivity index is 0.00000242. The second-order valence-corrected chi connectivity index (χ2v) is 7.59. The highest BCUT2D eigenvalue weighted by molar-refractivity contribution is 14.0. The molecule has 0 bridgehead atoms. The first kappa shape index (κ1) is 20.0. The van der Waals surface area contributed by atoms with Crippen molar-refractivity contribution in [3.8, 4) is 0 Å². The summed E-state index contributed by atoms with van der Waals surface area (Å²) in [5.74, 6) is 2.94.